The first-order valence-electron chi connectivity index (χ1n) is 6.79. The number of amides is 1. The highest BCUT2D eigenvalue weighted by Crippen LogP contribution is 2.40. The van der Waals surface area contributed by atoms with Gasteiger partial charge in [-0.3, -0.25) is 9.69 Å². The number of carbonyl (C=O) groups excluding carboxylic acids is 1. The Morgan fingerprint density at radius 2 is 2.40 bits per heavy atom. The van der Waals surface area contributed by atoms with Gasteiger partial charge in [0.1, 0.15) is 0 Å². The van der Waals surface area contributed by atoms with Gasteiger partial charge in [-0.15, -0.1) is 6.58 Å². The molecule has 0 aromatic carbocycles. The molecule has 6 nitrogen and oxygen atoms in total. The second-order valence-electron chi connectivity index (χ2n) is 5.67. The smallest absolute Gasteiger partial charge is 0.292 e. The summed E-state index contributed by atoms with van der Waals surface area (Å²) >= 11 is 0. The van der Waals surface area contributed by atoms with Crippen LogP contribution in [0.3, 0.4) is 0 Å². The van der Waals surface area contributed by atoms with Crippen molar-refractivity contribution in [3.8, 4) is 5.88 Å². The van der Waals surface area contributed by atoms with Gasteiger partial charge in [0.25, 0.3) is 11.8 Å². The highest BCUT2D eigenvalue weighted by atomic mass is 16.5. The Kier molecular flexibility index (Phi) is 3.25. The maximum Gasteiger partial charge on any atom is 0.292 e. The van der Waals surface area contributed by atoms with E-state index in [-0.39, 0.29) is 17.1 Å². The van der Waals surface area contributed by atoms with E-state index in [2.05, 4.69) is 16.6 Å². The van der Waals surface area contributed by atoms with Gasteiger partial charge in [0.05, 0.1) is 13.2 Å². The lowest BCUT2D eigenvalue weighted by molar-refractivity contribution is 0.00821. The molecular weight excluding hydrogens is 258 g/mol. The summed E-state index contributed by atoms with van der Waals surface area (Å²) in [6.07, 6.45) is 3.08. The molecule has 6 heteroatoms. The minimum atomic E-state index is -0.103. The molecule has 0 unspecified atom stereocenters. The molecule has 0 atom stereocenters. The molecular formula is C14H19N3O3. The number of hydrogen-bond donors (Lipinski definition) is 0. The van der Waals surface area contributed by atoms with Crippen LogP contribution in [0.5, 0.6) is 5.88 Å². The maximum absolute atomic E-state index is 12.2. The molecule has 1 aromatic rings. The molecule has 3 heterocycles. The van der Waals surface area contributed by atoms with E-state index in [1.165, 1.54) is 13.2 Å². The van der Waals surface area contributed by atoms with E-state index in [9.17, 15) is 4.79 Å². The molecule has 2 aliphatic heterocycles. The second-order valence-corrected chi connectivity index (χ2v) is 5.67. The quantitative estimate of drug-likeness (QED) is 0.769. The van der Waals surface area contributed by atoms with Crippen LogP contribution in [0.2, 0.25) is 0 Å². The fraction of sp³-hybridized carbons (Fsp3) is 0.571. The number of likely N-dealkylation sites (tertiary alicyclic amines) is 2. The van der Waals surface area contributed by atoms with Crippen molar-refractivity contribution >= 4 is 5.91 Å². The molecule has 3 rings (SSSR count). The number of aromatic nitrogens is 1. The molecule has 2 fully saturated rings. The Hall–Kier alpha value is -1.82. The number of ether oxygens (including phenoxy) is 1. The Morgan fingerprint density at radius 3 is 3.05 bits per heavy atom. The monoisotopic (exact) mass is 277 g/mol. The predicted molar refractivity (Wildman–Crippen MR) is 72.6 cm³/mol. The van der Waals surface area contributed by atoms with Crippen LogP contribution in [0, 0.1) is 5.41 Å². The largest absolute Gasteiger partial charge is 0.479 e. The van der Waals surface area contributed by atoms with Crippen molar-refractivity contribution in [2.24, 2.45) is 5.41 Å². The molecule has 1 spiro atoms. The van der Waals surface area contributed by atoms with Gasteiger partial charge in [-0.2, -0.15) is 0 Å². The van der Waals surface area contributed by atoms with Crippen molar-refractivity contribution in [2.75, 3.05) is 39.8 Å². The van der Waals surface area contributed by atoms with Crippen LogP contribution in [0.1, 0.15) is 17.0 Å². The molecule has 0 N–H and O–H groups in total. The molecule has 2 saturated heterocycles. The highest BCUT2D eigenvalue weighted by Gasteiger charge is 2.49. The molecule has 1 amide bonds. The lowest BCUT2D eigenvalue weighted by Crippen LogP contribution is -2.59. The summed E-state index contributed by atoms with van der Waals surface area (Å²) in [6.45, 7) is 8.42. The Labute approximate surface area is 118 Å². The van der Waals surface area contributed by atoms with Gasteiger partial charge >= 0.3 is 0 Å². The first kappa shape index (κ1) is 13.2. The minimum Gasteiger partial charge on any atom is -0.479 e. The number of hydrogen-bond acceptors (Lipinski definition) is 5. The average Bonchev–Trinajstić information content (AvgIpc) is 3.03. The molecule has 0 bridgehead atoms. The zero-order valence-electron chi connectivity index (χ0n) is 11.7. The highest BCUT2D eigenvalue weighted by molar-refractivity contribution is 5.92. The van der Waals surface area contributed by atoms with Gasteiger partial charge in [-0.1, -0.05) is 6.08 Å². The van der Waals surface area contributed by atoms with E-state index < -0.39 is 0 Å². The number of carbonyl (C=O) groups is 1. The predicted octanol–water partition coefficient (Wildman–Crippen LogP) is 1.02. The fourth-order valence-corrected chi connectivity index (χ4v) is 3.14. The van der Waals surface area contributed by atoms with Crippen LogP contribution in [-0.2, 0) is 0 Å². The average molecular weight is 277 g/mol. The van der Waals surface area contributed by atoms with E-state index in [0.717, 1.165) is 39.1 Å². The van der Waals surface area contributed by atoms with E-state index >= 15 is 0 Å². The maximum atomic E-state index is 12.2. The molecule has 20 heavy (non-hydrogen) atoms. The summed E-state index contributed by atoms with van der Waals surface area (Å²) in [5, 5.41) is 3.66. The van der Waals surface area contributed by atoms with Crippen molar-refractivity contribution in [1.29, 1.82) is 0 Å². The zero-order chi connectivity index (χ0) is 14.2. The molecule has 108 valence electrons. The molecule has 1 aromatic heterocycles. The van der Waals surface area contributed by atoms with Crippen LogP contribution in [-0.4, -0.2) is 60.7 Å². The number of nitrogens with zero attached hydrogens (tertiary/aromatic N) is 3. The van der Waals surface area contributed by atoms with Gasteiger partial charge in [0.2, 0.25) is 5.76 Å². The Bertz CT molecular complexity index is 519. The summed E-state index contributed by atoms with van der Waals surface area (Å²) in [7, 11) is 1.50. The van der Waals surface area contributed by atoms with Crippen molar-refractivity contribution in [3.05, 3.63) is 24.5 Å². The van der Waals surface area contributed by atoms with Gasteiger partial charge in [0.15, 0.2) is 0 Å². The normalized spacial score (nSPS) is 20.9. The van der Waals surface area contributed by atoms with E-state index in [0.29, 0.717) is 5.88 Å². The summed E-state index contributed by atoms with van der Waals surface area (Å²) in [6, 6.07) is 1.53. The molecule has 0 saturated carbocycles. The topological polar surface area (TPSA) is 58.8 Å². The van der Waals surface area contributed by atoms with Crippen LogP contribution in [0.25, 0.3) is 0 Å². The zero-order valence-corrected chi connectivity index (χ0v) is 11.7. The van der Waals surface area contributed by atoms with Crippen LogP contribution in [0.4, 0.5) is 0 Å². The van der Waals surface area contributed by atoms with Crippen LogP contribution >= 0.6 is 0 Å². The van der Waals surface area contributed by atoms with Crippen LogP contribution < -0.4 is 4.74 Å². The summed E-state index contributed by atoms with van der Waals surface area (Å²) in [4.78, 5) is 16.4. The standard InChI is InChI=1S/C14H19N3O3/c1-3-5-16-6-4-14(8-16)9-17(10-14)13(18)11-7-12(19-2)15-20-11/h3,7H,1,4-6,8-10H2,2H3. The van der Waals surface area contributed by atoms with Gasteiger partial charge < -0.3 is 14.2 Å². The third-order valence-corrected chi connectivity index (χ3v) is 4.15. The van der Waals surface area contributed by atoms with E-state index in [1.54, 1.807) is 0 Å². The summed E-state index contributed by atoms with van der Waals surface area (Å²) in [5.41, 5.74) is 0.267. The SMILES string of the molecule is C=CCN1CCC2(C1)CN(C(=O)c1cc(OC)no1)C2. The first-order valence-corrected chi connectivity index (χ1v) is 6.79. The Morgan fingerprint density at radius 1 is 1.60 bits per heavy atom. The van der Waals surface area contributed by atoms with Crippen molar-refractivity contribution in [1.82, 2.24) is 15.0 Å². The first-order chi connectivity index (χ1) is 9.65. The minimum absolute atomic E-state index is 0.103. The van der Waals surface area contributed by atoms with Gasteiger partial charge in [0, 0.05) is 31.6 Å². The number of methoxy groups -OCH3 is 1. The third kappa shape index (κ3) is 2.20. The summed E-state index contributed by atoms with van der Waals surface area (Å²) in [5.74, 6) is 0.479. The third-order valence-electron chi connectivity index (χ3n) is 4.15. The lowest BCUT2D eigenvalue weighted by atomic mass is 9.79. The molecule has 0 aliphatic carbocycles. The van der Waals surface area contributed by atoms with E-state index in [4.69, 9.17) is 9.26 Å². The van der Waals surface area contributed by atoms with Crippen LogP contribution in [0.15, 0.2) is 23.2 Å². The lowest BCUT2D eigenvalue weighted by Gasteiger charge is -2.47. The summed E-state index contributed by atoms with van der Waals surface area (Å²) < 4.78 is 9.91. The number of rotatable bonds is 4. The van der Waals surface area contributed by atoms with Crippen molar-refractivity contribution < 1.29 is 14.1 Å². The van der Waals surface area contributed by atoms with Crippen molar-refractivity contribution in [3.63, 3.8) is 0 Å². The molecule has 2 aliphatic rings. The van der Waals surface area contributed by atoms with Gasteiger partial charge in [-0.25, -0.2) is 0 Å². The second kappa shape index (κ2) is 4.94. The van der Waals surface area contributed by atoms with Crippen molar-refractivity contribution in [2.45, 2.75) is 6.42 Å². The van der Waals surface area contributed by atoms with Gasteiger partial charge in [-0.05, 0) is 18.1 Å². The van der Waals surface area contributed by atoms with E-state index in [1.807, 2.05) is 11.0 Å². The fourth-order valence-electron chi connectivity index (χ4n) is 3.14. The Balaban J connectivity index is 1.57. The molecule has 0 radical (unpaired) electrons.